The van der Waals surface area contributed by atoms with Crippen LogP contribution in [0.5, 0.6) is 0 Å². The number of hydrogen-bond acceptors (Lipinski definition) is 2. The van der Waals surface area contributed by atoms with Crippen molar-refractivity contribution in [3.8, 4) is 0 Å². The van der Waals surface area contributed by atoms with Crippen LogP contribution >= 0.6 is 0 Å². The molecule has 0 fully saturated rings. The summed E-state index contributed by atoms with van der Waals surface area (Å²) in [6.07, 6.45) is 0. The average Bonchev–Trinajstić information content (AvgIpc) is 2.64. The Morgan fingerprint density at radius 2 is 1.44 bits per heavy atom. The summed E-state index contributed by atoms with van der Waals surface area (Å²) >= 11 is 0. The summed E-state index contributed by atoms with van der Waals surface area (Å²) in [7, 11) is 0. The first-order valence-electron chi connectivity index (χ1n) is 8.13. The van der Waals surface area contributed by atoms with Crippen molar-refractivity contribution in [3.05, 3.63) is 101 Å². The predicted octanol–water partition coefficient (Wildman–Crippen LogP) is 4.79. The molecule has 1 N–H and O–H groups in total. The van der Waals surface area contributed by atoms with E-state index in [1.54, 1.807) is 36.4 Å². The fraction of sp³-hybridized carbons (Fsp3) is 0.0909. The summed E-state index contributed by atoms with van der Waals surface area (Å²) in [6, 6.07) is 21.9. The molecule has 0 saturated heterocycles. The van der Waals surface area contributed by atoms with Crippen LogP contribution < -0.4 is 5.32 Å². The normalized spacial score (nSPS) is 10.3. The number of carbonyl (C=O) groups is 2. The van der Waals surface area contributed by atoms with Gasteiger partial charge in [0.05, 0.1) is 5.69 Å². The molecule has 124 valence electrons. The summed E-state index contributed by atoms with van der Waals surface area (Å²) in [5, 5.41) is 2.89. The Kier molecular flexibility index (Phi) is 4.75. The van der Waals surface area contributed by atoms with Crippen LogP contribution in [0.1, 0.15) is 37.4 Å². The van der Waals surface area contributed by atoms with Crippen molar-refractivity contribution in [1.29, 1.82) is 0 Å². The van der Waals surface area contributed by atoms with E-state index in [-0.39, 0.29) is 11.7 Å². The Morgan fingerprint density at radius 1 is 0.760 bits per heavy atom. The van der Waals surface area contributed by atoms with E-state index in [0.717, 1.165) is 11.1 Å². The Balaban J connectivity index is 1.93. The molecule has 0 bridgehead atoms. The summed E-state index contributed by atoms with van der Waals surface area (Å²) in [4.78, 5) is 25.4. The van der Waals surface area contributed by atoms with Gasteiger partial charge in [0.2, 0.25) is 0 Å². The van der Waals surface area contributed by atoms with E-state index in [1.807, 2.05) is 50.2 Å². The number of carbonyl (C=O) groups excluding carboxylic acids is 2. The highest BCUT2D eigenvalue weighted by atomic mass is 16.1. The van der Waals surface area contributed by atoms with Crippen LogP contribution in [0.15, 0.2) is 72.8 Å². The van der Waals surface area contributed by atoms with Gasteiger partial charge >= 0.3 is 0 Å². The summed E-state index contributed by atoms with van der Waals surface area (Å²) in [6.45, 7) is 3.85. The van der Waals surface area contributed by atoms with Crippen molar-refractivity contribution in [2.45, 2.75) is 13.8 Å². The van der Waals surface area contributed by atoms with Crippen LogP contribution in [0, 0.1) is 13.8 Å². The summed E-state index contributed by atoms with van der Waals surface area (Å²) in [5.74, 6) is -0.327. The number of benzene rings is 3. The van der Waals surface area contributed by atoms with Gasteiger partial charge in [-0.15, -0.1) is 0 Å². The number of ketones is 1. The highest BCUT2D eigenvalue weighted by Crippen LogP contribution is 2.21. The number of nitrogens with one attached hydrogen (secondary N) is 1. The molecule has 0 saturated carbocycles. The maximum Gasteiger partial charge on any atom is 0.255 e. The first kappa shape index (κ1) is 16.7. The average molecular weight is 329 g/mol. The molecule has 0 aliphatic rings. The molecule has 3 nitrogen and oxygen atoms in total. The Labute approximate surface area is 147 Å². The van der Waals surface area contributed by atoms with Gasteiger partial charge in [-0.2, -0.15) is 0 Å². The fourth-order valence-corrected chi connectivity index (χ4v) is 2.71. The second kappa shape index (κ2) is 7.14. The minimum Gasteiger partial charge on any atom is -0.321 e. The molecular formula is C22H19NO2. The first-order chi connectivity index (χ1) is 12.1. The molecule has 3 heteroatoms. The van der Waals surface area contributed by atoms with E-state index in [2.05, 4.69) is 5.32 Å². The van der Waals surface area contributed by atoms with Gasteiger partial charge in [0, 0.05) is 16.7 Å². The SMILES string of the molecule is Cc1ccc(C)c(C(=O)Nc2ccccc2C(=O)c2ccccc2)c1. The van der Waals surface area contributed by atoms with E-state index < -0.39 is 0 Å². The smallest absolute Gasteiger partial charge is 0.255 e. The van der Waals surface area contributed by atoms with Crippen molar-refractivity contribution < 1.29 is 9.59 Å². The van der Waals surface area contributed by atoms with Crippen molar-refractivity contribution in [2.24, 2.45) is 0 Å². The zero-order valence-corrected chi connectivity index (χ0v) is 14.2. The molecule has 0 spiro atoms. The van der Waals surface area contributed by atoms with Gasteiger partial charge in [0.15, 0.2) is 5.78 Å². The third-order valence-corrected chi connectivity index (χ3v) is 4.09. The van der Waals surface area contributed by atoms with Crippen LogP contribution in [0.2, 0.25) is 0 Å². The molecule has 3 aromatic rings. The monoisotopic (exact) mass is 329 g/mol. The quantitative estimate of drug-likeness (QED) is 0.700. The molecule has 0 unspecified atom stereocenters. The predicted molar refractivity (Wildman–Crippen MR) is 100 cm³/mol. The van der Waals surface area contributed by atoms with Crippen molar-refractivity contribution in [1.82, 2.24) is 0 Å². The highest BCUT2D eigenvalue weighted by molar-refractivity contribution is 6.15. The molecule has 0 atom stereocenters. The van der Waals surface area contributed by atoms with Gasteiger partial charge in [0.25, 0.3) is 5.91 Å². The maximum absolute atomic E-state index is 12.8. The Hall–Kier alpha value is -3.20. The van der Waals surface area contributed by atoms with Gasteiger partial charge < -0.3 is 5.32 Å². The molecule has 0 heterocycles. The standard InChI is InChI=1S/C22H19NO2/c1-15-12-13-16(2)19(14-15)22(25)23-20-11-7-6-10-18(20)21(24)17-8-4-3-5-9-17/h3-14H,1-2H3,(H,23,25). The number of amides is 1. The molecule has 0 aliphatic heterocycles. The molecule has 25 heavy (non-hydrogen) atoms. The molecule has 0 aliphatic carbocycles. The van der Waals surface area contributed by atoms with E-state index in [0.29, 0.717) is 22.4 Å². The summed E-state index contributed by atoms with van der Waals surface area (Å²) < 4.78 is 0. The number of aryl methyl sites for hydroxylation is 2. The molecule has 0 radical (unpaired) electrons. The van der Waals surface area contributed by atoms with E-state index >= 15 is 0 Å². The van der Waals surface area contributed by atoms with Crippen LogP contribution in [0.3, 0.4) is 0 Å². The van der Waals surface area contributed by atoms with E-state index in [9.17, 15) is 9.59 Å². The minimum atomic E-state index is -0.213. The topological polar surface area (TPSA) is 46.2 Å². The second-order valence-electron chi connectivity index (χ2n) is 6.01. The Bertz CT molecular complexity index is 930. The maximum atomic E-state index is 12.8. The third kappa shape index (κ3) is 3.66. The third-order valence-electron chi connectivity index (χ3n) is 4.09. The number of rotatable bonds is 4. The molecular weight excluding hydrogens is 310 g/mol. The van der Waals surface area contributed by atoms with Crippen molar-refractivity contribution in [3.63, 3.8) is 0 Å². The van der Waals surface area contributed by atoms with E-state index in [4.69, 9.17) is 0 Å². The molecule has 3 rings (SSSR count). The van der Waals surface area contributed by atoms with Gasteiger partial charge in [-0.3, -0.25) is 9.59 Å². The fourth-order valence-electron chi connectivity index (χ4n) is 2.71. The lowest BCUT2D eigenvalue weighted by Gasteiger charge is -2.12. The zero-order valence-electron chi connectivity index (χ0n) is 14.2. The lowest BCUT2D eigenvalue weighted by atomic mass is 10.0. The largest absolute Gasteiger partial charge is 0.321 e. The Morgan fingerprint density at radius 3 is 2.20 bits per heavy atom. The summed E-state index contributed by atoms with van der Waals surface area (Å²) in [5.41, 5.74) is 4.12. The van der Waals surface area contributed by atoms with Gasteiger partial charge in [-0.25, -0.2) is 0 Å². The van der Waals surface area contributed by atoms with E-state index in [1.165, 1.54) is 0 Å². The highest BCUT2D eigenvalue weighted by Gasteiger charge is 2.16. The van der Waals surface area contributed by atoms with Crippen molar-refractivity contribution >= 4 is 17.4 Å². The van der Waals surface area contributed by atoms with Gasteiger partial charge in [-0.05, 0) is 37.6 Å². The van der Waals surface area contributed by atoms with Crippen LogP contribution in [-0.2, 0) is 0 Å². The lowest BCUT2D eigenvalue weighted by Crippen LogP contribution is -2.16. The second-order valence-corrected chi connectivity index (χ2v) is 6.01. The zero-order chi connectivity index (χ0) is 17.8. The van der Waals surface area contributed by atoms with Gasteiger partial charge in [0.1, 0.15) is 0 Å². The van der Waals surface area contributed by atoms with Crippen LogP contribution in [0.4, 0.5) is 5.69 Å². The van der Waals surface area contributed by atoms with Crippen molar-refractivity contribution in [2.75, 3.05) is 5.32 Å². The lowest BCUT2D eigenvalue weighted by molar-refractivity contribution is 0.102. The molecule has 1 amide bonds. The minimum absolute atomic E-state index is 0.113. The van der Waals surface area contributed by atoms with Crippen LogP contribution in [-0.4, -0.2) is 11.7 Å². The number of hydrogen-bond donors (Lipinski definition) is 1. The molecule has 3 aromatic carbocycles. The number of para-hydroxylation sites is 1. The first-order valence-corrected chi connectivity index (χ1v) is 8.13. The van der Waals surface area contributed by atoms with Gasteiger partial charge in [-0.1, -0.05) is 60.2 Å². The number of anilines is 1. The molecule has 0 aromatic heterocycles. The van der Waals surface area contributed by atoms with Crippen LogP contribution in [0.25, 0.3) is 0 Å².